The number of hydrogen-bond donors (Lipinski definition) is 2. The summed E-state index contributed by atoms with van der Waals surface area (Å²) >= 11 is 0. The zero-order valence-corrected chi connectivity index (χ0v) is 12.9. The Balaban J connectivity index is 2.65. The summed E-state index contributed by atoms with van der Waals surface area (Å²) in [5, 5.41) is 2.67. The Labute approximate surface area is 121 Å². The van der Waals surface area contributed by atoms with E-state index in [1.165, 1.54) is 12.8 Å². The molecule has 0 aliphatic rings. The fourth-order valence-electron chi connectivity index (χ4n) is 1.86. The molecule has 1 atom stereocenters. The van der Waals surface area contributed by atoms with Crippen LogP contribution in [0.4, 0.5) is 5.95 Å². The Morgan fingerprint density at radius 1 is 1.40 bits per heavy atom. The number of aryl methyl sites for hydroxylation is 2. The molecule has 3 N–H and O–H groups in total. The quantitative estimate of drug-likeness (QED) is 0.751. The van der Waals surface area contributed by atoms with Crippen molar-refractivity contribution < 1.29 is 4.79 Å². The van der Waals surface area contributed by atoms with Gasteiger partial charge in [0.1, 0.15) is 0 Å². The number of unbranched alkanes of at least 4 members (excludes halogenated alkanes) is 2. The van der Waals surface area contributed by atoms with Gasteiger partial charge < -0.3 is 5.73 Å². The lowest BCUT2D eigenvalue weighted by atomic mass is 10.1. The Morgan fingerprint density at radius 3 is 2.65 bits per heavy atom. The molecule has 0 bridgehead atoms. The van der Waals surface area contributed by atoms with Crippen LogP contribution in [-0.2, 0) is 11.2 Å². The molecule has 1 unspecified atom stereocenters. The molecule has 1 aromatic heterocycles. The number of amides is 1. The van der Waals surface area contributed by atoms with Gasteiger partial charge in [-0.2, -0.15) is 0 Å². The molecule has 20 heavy (non-hydrogen) atoms. The van der Waals surface area contributed by atoms with Gasteiger partial charge in [0.2, 0.25) is 11.9 Å². The number of aromatic nitrogens is 2. The lowest BCUT2D eigenvalue weighted by Gasteiger charge is -2.15. The average molecular weight is 278 g/mol. The summed E-state index contributed by atoms with van der Waals surface area (Å²) in [5.41, 5.74) is 7.85. The van der Waals surface area contributed by atoms with Gasteiger partial charge in [0.15, 0.2) is 0 Å². The first-order chi connectivity index (χ1) is 9.45. The van der Waals surface area contributed by atoms with Crippen LogP contribution >= 0.6 is 0 Å². The summed E-state index contributed by atoms with van der Waals surface area (Å²) in [4.78, 5) is 20.4. The third-order valence-electron chi connectivity index (χ3n) is 3.39. The molecule has 0 fully saturated rings. The van der Waals surface area contributed by atoms with Crippen LogP contribution in [0.3, 0.4) is 0 Å². The Morgan fingerprint density at radius 2 is 2.10 bits per heavy atom. The number of nitrogens with zero attached hydrogens (tertiary/aromatic N) is 2. The summed E-state index contributed by atoms with van der Waals surface area (Å²) < 4.78 is 0. The van der Waals surface area contributed by atoms with Crippen molar-refractivity contribution in [1.29, 1.82) is 0 Å². The molecule has 0 saturated carbocycles. The lowest BCUT2D eigenvalue weighted by Crippen LogP contribution is -2.40. The maximum Gasteiger partial charge on any atom is 0.243 e. The van der Waals surface area contributed by atoms with Gasteiger partial charge >= 0.3 is 0 Å². The molecule has 112 valence electrons. The number of nitrogens with two attached hydrogens (primary N) is 1. The SMILES string of the molecule is CCCCCc1cnc(NC(=O)C(N)C(C)C)nc1C. The maximum absolute atomic E-state index is 11.8. The van der Waals surface area contributed by atoms with Gasteiger partial charge in [-0.25, -0.2) is 9.97 Å². The highest BCUT2D eigenvalue weighted by molar-refractivity contribution is 5.93. The smallest absolute Gasteiger partial charge is 0.243 e. The van der Waals surface area contributed by atoms with E-state index in [4.69, 9.17) is 5.73 Å². The van der Waals surface area contributed by atoms with Crippen molar-refractivity contribution in [3.05, 3.63) is 17.5 Å². The lowest BCUT2D eigenvalue weighted by molar-refractivity contribution is -0.118. The van der Waals surface area contributed by atoms with E-state index >= 15 is 0 Å². The summed E-state index contributed by atoms with van der Waals surface area (Å²) in [6.07, 6.45) is 6.33. The second-order valence-corrected chi connectivity index (χ2v) is 5.52. The topological polar surface area (TPSA) is 80.9 Å². The molecule has 1 rings (SSSR count). The van der Waals surface area contributed by atoms with Gasteiger partial charge in [0.05, 0.1) is 6.04 Å². The largest absolute Gasteiger partial charge is 0.320 e. The molecule has 0 aliphatic carbocycles. The number of carbonyl (C=O) groups is 1. The number of rotatable bonds is 7. The number of nitrogens with one attached hydrogen (secondary N) is 1. The van der Waals surface area contributed by atoms with Crippen molar-refractivity contribution in [2.45, 2.75) is 59.4 Å². The van der Waals surface area contributed by atoms with Crippen LogP contribution in [-0.4, -0.2) is 21.9 Å². The van der Waals surface area contributed by atoms with Gasteiger partial charge in [0, 0.05) is 11.9 Å². The molecule has 5 nitrogen and oxygen atoms in total. The summed E-state index contributed by atoms with van der Waals surface area (Å²) in [6, 6.07) is -0.539. The van der Waals surface area contributed by atoms with Crippen LogP contribution in [0.15, 0.2) is 6.20 Å². The minimum absolute atomic E-state index is 0.0874. The zero-order chi connectivity index (χ0) is 15.1. The van der Waals surface area contributed by atoms with E-state index in [1.807, 2.05) is 20.8 Å². The second kappa shape index (κ2) is 7.94. The van der Waals surface area contributed by atoms with Gasteiger partial charge in [0.25, 0.3) is 0 Å². The van der Waals surface area contributed by atoms with Crippen molar-refractivity contribution in [2.75, 3.05) is 5.32 Å². The first-order valence-electron chi connectivity index (χ1n) is 7.34. The van der Waals surface area contributed by atoms with Crippen LogP contribution in [0.1, 0.15) is 51.3 Å². The van der Waals surface area contributed by atoms with E-state index in [-0.39, 0.29) is 11.8 Å². The van der Waals surface area contributed by atoms with Crippen molar-refractivity contribution in [2.24, 2.45) is 11.7 Å². The molecule has 0 saturated heterocycles. The monoisotopic (exact) mass is 278 g/mol. The average Bonchev–Trinajstić information content (AvgIpc) is 2.40. The fourth-order valence-corrected chi connectivity index (χ4v) is 1.86. The van der Waals surface area contributed by atoms with E-state index in [1.54, 1.807) is 6.20 Å². The van der Waals surface area contributed by atoms with Crippen molar-refractivity contribution >= 4 is 11.9 Å². The molecule has 1 aromatic rings. The first-order valence-corrected chi connectivity index (χ1v) is 7.34. The van der Waals surface area contributed by atoms with Gasteiger partial charge in [-0.05, 0) is 31.2 Å². The van der Waals surface area contributed by atoms with Gasteiger partial charge in [-0.1, -0.05) is 33.6 Å². The van der Waals surface area contributed by atoms with Crippen LogP contribution in [0, 0.1) is 12.8 Å². The highest BCUT2D eigenvalue weighted by Crippen LogP contribution is 2.12. The Bertz CT molecular complexity index is 445. The van der Waals surface area contributed by atoms with Crippen LogP contribution < -0.4 is 11.1 Å². The molecular weight excluding hydrogens is 252 g/mol. The molecule has 1 heterocycles. The number of hydrogen-bond acceptors (Lipinski definition) is 4. The van der Waals surface area contributed by atoms with Gasteiger partial charge in [-0.3, -0.25) is 10.1 Å². The van der Waals surface area contributed by atoms with Crippen molar-refractivity contribution in [1.82, 2.24) is 9.97 Å². The predicted molar refractivity (Wildman–Crippen MR) is 81.4 cm³/mol. The van der Waals surface area contributed by atoms with Crippen LogP contribution in [0.2, 0.25) is 0 Å². The third kappa shape index (κ3) is 4.89. The second-order valence-electron chi connectivity index (χ2n) is 5.52. The molecule has 0 aromatic carbocycles. The highest BCUT2D eigenvalue weighted by atomic mass is 16.2. The minimum atomic E-state index is -0.539. The molecule has 5 heteroatoms. The normalized spacial score (nSPS) is 12.5. The van der Waals surface area contributed by atoms with E-state index < -0.39 is 6.04 Å². The van der Waals surface area contributed by atoms with E-state index in [0.29, 0.717) is 5.95 Å². The first kappa shape index (κ1) is 16.6. The number of anilines is 1. The van der Waals surface area contributed by atoms with Crippen molar-refractivity contribution in [3.63, 3.8) is 0 Å². The molecule has 0 spiro atoms. The van der Waals surface area contributed by atoms with E-state index in [9.17, 15) is 4.79 Å². The molecule has 0 radical (unpaired) electrons. The maximum atomic E-state index is 11.8. The fraction of sp³-hybridized carbons (Fsp3) is 0.667. The summed E-state index contributed by atoms with van der Waals surface area (Å²) in [7, 11) is 0. The van der Waals surface area contributed by atoms with E-state index in [0.717, 1.165) is 24.1 Å². The Hall–Kier alpha value is -1.49. The molecular formula is C15H26N4O. The standard InChI is InChI=1S/C15H26N4O/c1-5-6-7-8-12-9-17-15(18-11(12)4)19-14(20)13(16)10(2)3/h9-10,13H,5-8,16H2,1-4H3,(H,17,18,19,20). The van der Waals surface area contributed by atoms with Crippen LogP contribution in [0.5, 0.6) is 0 Å². The van der Waals surface area contributed by atoms with Crippen LogP contribution in [0.25, 0.3) is 0 Å². The third-order valence-corrected chi connectivity index (χ3v) is 3.39. The molecule has 1 amide bonds. The van der Waals surface area contributed by atoms with Crippen molar-refractivity contribution in [3.8, 4) is 0 Å². The minimum Gasteiger partial charge on any atom is -0.320 e. The highest BCUT2D eigenvalue weighted by Gasteiger charge is 2.18. The number of carbonyl (C=O) groups excluding carboxylic acids is 1. The summed E-state index contributed by atoms with van der Waals surface area (Å²) in [5.74, 6) is 0.186. The molecule has 0 aliphatic heterocycles. The zero-order valence-electron chi connectivity index (χ0n) is 12.9. The summed E-state index contributed by atoms with van der Waals surface area (Å²) in [6.45, 7) is 7.95. The van der Waals surface area contributed by atoms with Gasteiger partial charge in [-0.15, -0.1) is 0 Å². The predicted octanol–water partition coefficient (Wildman–Crippen LogP) is 2.44. The van der Waals surface area contributed by atoms with E-state index in [2.05, 4.69) is 22.2 Å². The Kier molecular flexibility index (Phi) is 6.58.